The molecule has 0 bridgehead atoms. The fraction of sp³-hybridized carbons (Fsp3) is 0.0769. The number of ketones is 1. The Morgan fingerprint density at radius 2 is 1.47 bits per heavy atom. The molecule has 0 aliphatic carbocycles. The molecule has 12 heteroatoms. The molecule has 0 saturated carbocycles. The van der Waals surface area contributed by atoms with Gasteiger partial charge >= 0.3 is 0 Å². The van der Waals surface area contributed by atoms with E-state index in [1.54, 1.807) is 54.6 Å². The second-order valence-corrected chi connectivity index (χ2v) is 7.56. The molecule has 0 saturated heterocycles. The Hall–Kier alpha value is -4.05. The van der Waals surface area contributed by atoms with Crippen LogP contribution in [0.1, 0.15) is 35.5 Å². The van der Waals surface area contributed by atoms with Crippen LogP contribution in [0.3, 0.4) is 0 Å². The van der Waals surface area contributed by atoms with E-state index in [1.807, 2.05) is 18.2 Å². The molecular formula is C26H24ClN3O7Zn. The molecule has 4 rings (SSSR count). The molecule has 0 spiro atoms. The van der Waals surface area contributed by atoms with Gasteiger partial charge in [0.2, 0.25) is 0 Å². The number of benzene rings is 3. The topological polar surface area (TPSA) is 181 Å². The van der Waals surface area contributed by atoms with E-state index in [1.165, 1.54) is 6.21 Å². The Morgan fingerprint density at radius 3 is 2.08 bits per heavy atom. The first kappa shape index (κ1) is 34.0. The molecule has 4 aromatic rings. The van der Waals surface area contributed by atoms with Crippen molar-refractivity contribution in [2.45, 2.75) is 13.8 Å². The van der Waals surface area contributed by atoms with Crippen molar-refractivity contribution in [2.75, 3.05) is 0 Å². The van der Waals surface area contributed by atoms with Crippen molar-refractivity contribution in [2.24, 2.45) is 4.99 Å². The predicted octanol–water partition coefficient (Wildman–Crippen LogP) is 3.91. The third-order valence-electron chi connectivity index (χ3n) is 4.19. The molecule has 1 heterocycles. The number of hydrogen-bond acceptors (Lipinski definition) is 6. The zero-order chi connectivity index (χ0) is 26.7. The standard InChI is InChI=1S/C22H14ClN3O2.2C2H4O2.H2O.Zn/c23-15-10-11-17(16(12-15)21(27)14-6-2-1-3-7-14)24-13-20-22(28)26-19-9-5-4-8-18(19)25-20;2*1-2(3)4;;/h1-13H,(H,26,28);2*1H3,(H,3,4);1H2;. The average Bonchev–Trinajstić information content (AvgIpc) is 2.82. The van der Waals surface area contributed by atoms with Crippen LogP contribution in [-0.2, 0) is 29.1 Å². The molecule has 5 N–H and O–H groups in total. The first-order valence-electron chi connectivity index (χ1n) is 10.4. The van der Waals surface area contributed by atoms with Crippen LogP contribution in [0.25, 0.3) is 11.0 Å². The van der Waals surface area contributed by atoms with E-state index in [0.717, 1.165) is 13.8 Å². The van der Waals surface area contributed by atoms with E-state index in [0.29, 0.717) is 32.9 Å². The summed E-state index contributed by atoms with van der Waals surface area (Å²) in [5.74, 6) is -1.87. The van der Waals surface area contributed by atoms with E-state index in [4.69, 9.17) is 31.4 Å². The molecule has 0 aliphatic heterocycles. The number of aromatic amines is 1. The Labute approximate surface area is 235 Å². The maximum absolute atomic E-state index is 12.9. The summed E-state index contributed by atoms with van der Waals surface area (Å²) in [6.45, 7) is 2.17. The number of aliphatic carboxylic acids is 2. The maximum Gasteiger partial charge on any atom is 0.300 e. The van der Waals surface area contributed by atoms with Gasteiger partial charge in [0.25, 0.3) is 17.5 Å². The first-order chi connectivity index (χ1) is 17.1. The summed E-state index contributed by atoms with van der Waals surface area (Å²) in [4.78, 5) is 54.6. The number of nitrogens with zero attached hydrogens (tertiary/aromatic N) is 2. The van der Waals surface area contributed by atoms with Crippen molar-refractivity contribution < 1.29 is 49.6 Å². The van der Waals surface area contributed by atoms with Crippen LogP contribution >= 0.6 is 11.6 Å². The molecule has 0 amide bonds. The molecule has 0 unspecified atom stereocenters. The van der Waals surface area contributed by atoms with Crippen molar-refractivity contribution in [3.05, 3.63) is 105 Å². The van der Waals surface area contributed by atoms with Gasteiger partial charge in [-0.15, -0.1) is 0 Å². The number of carboxylic acid groups (broad SMARTS) is 2. The second-order valence-electron chi connectivity index (χ2n) is 7.12. The van der Waals surface area contributed by atoms with Crippen molar-refractivity contribution in [3.8, 4) is 0 Å². The molecule has 0 atom stereocenters. The molecular weight excluding hydrogens is 567 g/mol. The molecule has 1 aromatic heterocycles. The zero-order valence-electron chi connectivity index (χ0n) is 20.5. The number of H-pyrrole nitrogens is 1. The molecule has 194 valence electrons. The first-order valence-corrected chi connectivity index (χ1v) is 10.8. The summed E-state index contributed by atoms with van der Waals surface area (Å²) in [6.07, 6.45) is 1.36. The van der Waals surface area contributed by atoms with E-state index in [2.05, 4.69) is 15.0 Å². The van der Waals surface area contributed by atoms with Gasteiger partial charge in [-0.1, -0.05) is 54.1 Å². The number of carboxylic acids is 2. The number of halogens is 1. The number of fused-ring (bicyclic) bond motifs is 1. The summed E-state index contributed by atoms with van der Waals surface area (Å²) in [5, 5.41) is 15.3. The van der Waals surface area contributed by atoms with E-state index in [9.17, 15) is 9.59 Å². The molecule has 0 fully saturated rings. The fourth-order valence-corrected chi connectivity index (χ4v) is 2.98. The third kappa shape index (κ3) is 10.9. The molecule has 10 nitrogen and oxygen atoms in total. The normalized spacial score (nSPS) is 9.55. The smallest absolute Gasteiger partial charge is 0.300 e. The SMILES string of the molecule is CC(=O)O.CC(=O)O.O.O=C(c1ccccc1)c1cc(Cl)ccc1N=Cc1nc2ccccc2[nH]c1=O.[Zn]. The van der Waals surface area contributed by atoms with E-state index >= 15 is 0 Å². The van der Waals surface area contributed by atoms with Crippen LogP contribution < -0.4 is 5.56 Å². The van der Waals surface area contributed by atoms with Crippen LogP contribution in [0.15, 0.2) is 82.6 Å². The quantitative estimate of drug-likeness (QED) is 0.183. The van der Waals surface area contributed by atoms with Gasteiger partial charge in [0, 0.05) is 49.5 Å². The Kier molecular flexibility index (Phi) is 14.9. The van der Waals surface area contributed by atoms with Gasteiger partial charge in [-0.3, -0.25) is 24.2 Å². The second kappa shape index (κ2) is 16.6. The van der Waals surface area contributed by atoms with Crippen LogP contribution in [0.5, 0.6) is 0 Å². The van der Waals surface area contributed by atoms with E-state index < -0.39 is 11.9 Å². The summed E-state index contributed by atoms with van der Waals surface area (Å²) in [7, 11) is 0. The number of aliphatic imine (C=N–C) groups is 1. The molecule has 0 aliphatic rings. The predicted molar refractivity (Wildman–Crippen MR) is 141 cm³/mol. The largest absolute Gasteiger partial charge is 0.481 e. The Balaban J connectivity index is 0.00000121. The number of carbonyl (C=O) groups excluding carboxylic acids is 1. The number of hydrogen-bond donors (Lipinski definition) is 3. The van der Waals surface area contributed by atoms with Crippen LogP contribution in [-0.4, -0.2) is 49.6 Å². The minimum atomic E-state index is -0.833. The average molecular weight is 591 g/mol. The van der Waals surface area contributed by atoms with Crippen molar-refractivity contribution in [1.29, 1.82) is 0 Å². The van der Waals surface area contributed by atoms with Crippen molar-refractivity contribution >= 4 is 52.3 Å². The van der Waals surface area contributed by atoms with Crippen molar-refractivity contribution in [3.63, 3.8) is 0 Å². The van der Waals surface area contributed by atoms with Gasteiger partial charge in [-0.25, -0.2) is 4.98 Å². The molecule has 3 aromatic carbocycles. The Morgan fingerprint density at radius 1 is 0.921 bits per heavy atom. The maximum atomic E-state index is 12.9. The fourth-order valence-electron chi connectivity index (χ4n) is 2.81. The minimum absolute atomic E-state index is 0. The summed E-state index contributed by atoms with van der Waals surface area (Å²) < 4.78 is 0. The summed E-state index contributed by atoms with van der Waals surface area (Å²) in [6, 6.07) is 21.0. The number of nitrogens with one attached hydrogen (secondary N) is 1. The van der Waals surface area contributed by atoms with Gasteiger partial charge in [0.05, 0.1) is 22.9 Å². The number of para-hydroxylation sites is 2. The minimum Gasteiger partial charge on any atom is -0.481 e. The van der Waals surface area contributed by atoms with Gasteiger partial charge in [0.15, 0.2) is 5.78 Å². The number of rotatable bonds is 4. The van der Waals surface area contributed by atoms with E-state index in [-0.39, 0.29) is 42.0 Å². The van der Waals surface area contributed by atoms with Crippen molar-refractivity contribution in [1.82, 2.24) is 9.97 Å². The monoisotopic (exact) mass is 589 g/mol. The molecule has 0 radical (unpaired) electrons. The van der Waals surface area contributed by atoms with Gasteiger partial charge in [-0.05, 0) is 30.3 Å². The van der Waals surface area contributed by atoms with Gasteiger partial charge in [-0.2, -0.15) is 0 Å². The van der Waals surface area contributed by atoms with Gasteiger partial charge < -0.3 is 20.7 Å². The third-order valence-corrected chi connectivity index (χ3v) is 4.43. The summed E-state index contributed by atoms with van der Waals surface area (Å²) in [5.41, 5.74) is 2.40. The van der Waals surface area contributed by atoms with Crippen LogP contribution in [0.2, 0.25) is 5.02 Å². The zero-order valence-corrected chi connectivity index (χ0v) is 24.2. The van der Waals surface area contributed by atoms with Crippen LogP contribution in [0.4, 0.5) is 5.69 Å². The van der Waals surface area contributed by atoms with Crippen LogP contribution in [0, 0.1) is 0 Å². The van der Waals surface area contributed by atoms with Gasteiger partial charge in [0.1, 0.15) is 5.69 Å². The number of aromatic nitrogens is 2. The number of carbonyl (C=O) groups is 3. The summed E-state index contributed by atoms with van der Waals surface area (Å²) >= 11 is 6.08. The molecule has 38 heavy (non-hydrogen) atoms. The Bertz CT molecular complexity index is 1450.